The average Bonchev–Trinajstić information content (AvgIpc) is 2.85. The molecule has 0 saturated carbocycles. The molecule has 1 aromatic heterocycles. The maximum absolute atomic E-state index is 11.3. The van der Waals surface area contributed by atoms with Crippen LogP contribution in [0.4, 0.5) is 0 Å². The zero-order valence-electron chi connectivity index (χ0n) is 11.1. The number of alkyl halides is 1. The van der Waals surface area contributed by atoms with Crippen LogP contribution in [0.1, 0.15) is 29.0 Å². The van der Waals surface area contributed by atoms with Crippen LogP contribution in [0.5, 0.6) is 0 Å². The van der Waals surface area contributed by atoms with Gasteiger partial charge in [-0.1, -0.05) is 37.3 Å². The number of nitrogens with one attached hydrogen (secondary N) is 2. The summed E-state index contributed by atoms with van der Waals surface area (Å²) in [6, 6.07) is 14.0. The molecule has 1 heterocycles. The molecule has 0 aliphatic rings. The Morgan fingerprint density at radius 3 is 2.35 bits per heavy atom. The molecule has 1 atom stereocenters. The lowest BCUT2D eigenvalue weighted by molar-refractivity contribution is 1.10. The number of H-pyrrole nitrogens is 2. The summed E-state index contributed by atoms with van der Waals surface area (Å²) in [7, 11) is 0. The van der Waals surface area contributed by atoms with Gasteiger partial charge >= 0.3 is 5.69 Å². The maximum atomic E-state index is 11.3. The second-order valence-corrected chi connectivity index (χ2v) is 5.28. The Morgan fingerprint density at radius 2 is 1.65 bits per heavy atom. The van der Waals surface area contributed by atoms with E-state index in [2.05, 4.69) is 41.2 Å². The van der Waals surface area contributed by atoms with Gasteiger partial charge in [-0.05, 0) is 35.2 Å². The molecule has 2 N–H and O–H groups in total. The number of halogens is 1. The molecule has 4 heteroatoms. The molecule has 20 heavy (non-hydrogen) atoms. The lowest BCUT2D eigenvalue weighted by atomic mass is 10.0. The zero-order chi connectivity index (χ0) is 14.1. The van der Waals surface area contributed by atoms with Crippen LogP contribution in [0.2, 0.25) is 0 Å². The van der Waals surface area contributed by atoms with E-state index in [0.717, 1.165) is 28.6 Å². The summed E-state index contributed by atoms with van der Waals surface area (Å²) in [6.07, 6.45) is 1.02. The number of rotatable bonds is 3. The van der Waals surface area contributed by atoms with Crippen molar-refractivity contribution in [2.75, 3.05) is 0 Å². The van der Waals surface area contributed by atoms with E-state index in [1.165, 1.54) is 5.56 Å². The second kappa shape index (κ2) is 5.17. The van der Waals surface area contributed by atoms with Crippen LogP contribution in [-0.2, 0) is 6.42 Å². The summed E-state index contributed by atoms with van der Waals surface area (Å²) < 4.78 is 0. The Hall–Kier alpha value is -2.00. The van der Waals surface area contributed by atoms with Gasteiger partial charge in [0.05, 0.1) is 16.4 Å². The van der Waals surface area contributed by atoms with Crippen molar-refractivity contribution in [3.8, 4) is 0 Å². The highest BCUT2D eigenvalue weighted by molar-refractivity contribution is 6.22. The summed E-state index contributed by atoms with van der Waals surface area (Å²) >= 11 is 6.53. The minimum atomic E-state index is -0.219. The molecule has 0 bridgehead atoms. The van der Waals surface area contributed by atoms with Crippen LogP contribution in [0.15, 0.2) is 47.3 Å². The summed E-state index contributed by atoms with van der Waals surface area (Å²) in [5.41, 5.74) is 4.70. The molecule has 0 radical (unpaired) electrons. The van der Waals surface area contributed by atoms with Gasteiger partial charge in [0.25, 0.3) is 0 Å². The second-order valence-electron chi connectivity index (χ2n) is 4.84. The van der Waals surface area contributed by atoms with Crippen molar-refractivity contribution < 1.29 is 0 Å². The molecule has 0 amide bonds. The van der Waals surface area contributed by atoms with Crippen molar-refractivity contribution in [1.82, 2.24) is 9.97 Å². The van der Waals surface area contributed by atoms with Gasteiger partial charge < -0.3 is 9.97 Å². The highest BCUT2D eigenvalue weighted by atomic mass is 35.5. The highest BCUT2D eigenvalue weighted by Gasteiger charge is 2.12. The van der Waals surface area contributed by atoms with Gasteiger partial charge in [0, 0.05) is 0 Å². The van der Waals surface area contributed by atoms with E-state index in [1.54, 1.807) is 0 Å². The molecular weight excluding hydrogens is 272 g/mol. The molecule has 1 unspecified atom stereocenters. The Balaban J connectivity index is 1.97. The van der Waals surface area contributed by atoms with E-state index in [9.17, 15) is 4.79 Å². The molecule has 3 rings (SSSR count). The number of imidazole rings is 1. The fourth-order valence-corrected chi connectivity index (χ4v) is 2.60. The number of aromatic nitrogens is 2. The van der Waals surface area contributed by atoms with E-state index >= 15 is 0 Å². The van der Waals surface area contributed by atoms with Crippen molar-refractivity contribution in [3.63, 3.8) is 0 Å². The largest absolute Gasteiger partial charge is 0.323 e. The SMILES string of the molecule is CCc1ccc(C(Cl)c2ccc3[nH]c(=O)[nH]c3c2)cc1. The van der Waals surface area contributed by atoms with Crippen LogP contribution < -0.4 is 5.69 Å². The minimum Gasteiger partial charge on any atom is -0.306 e. The van der Waals surface area contributed by atoms with E-state index < -0.39 is 0 Å². The van der Waals surface area contributed by atoms with E-state index in [-0.39, 0.29) is 11.1 Å². The van der Waals surface area contributed by atoms with Crippen LogP contribution in [-0.4, -0.2) is 9.97 Å². The standard InChI is InChI=1S/C16H15ClN2O/c1-2-10-3-5-11(6-4-10)15(17)12-7-8-13-14(9-12)19-16(20)18-13/h3-9,15H,2H2,1H3,(H2,18,19,20). The highest BCUT2D eigenvalue weighted by Crippen LogP contribution is 2.30. The average molecular weight is 287 g/mol. The first kappa shape index (κ1) is 13.0. The van der Waals surface area contributed by atoms with Crippen molar-refractivity contribution in [3.05, 3.63) is 69.6 Å². The first-order chi connectivity index (χ1) is 9.67. The molecule has 3 aromatic rings. The van der Waals surface area contributed by atoms with Crippen LogP contribution in [0.3, 0.4) is 0 Å². The third kappa shape index (κ3) is 2.37. The predicted octanol–water partition coefficient (Wildman–Crippen LogP) is 3.75. The Morgan fingerprint density at radius 1 is 1.00 bits per heavy atom. The van der Waals surface area contributed by atoms with Gasteiger partial charge in [-0.15, -0.1) is 11.6 Å². The van der Waals surface area contributed by atoms with E-state index in [0.29, 0.717) is 0 Å². The normalized spacial score (nSPS) is 12.7. The lowest BCUT2D eigenvalue weighted by Crippen LogP contribution is -1.99. The zero-order valence-corrected chi connectivity index (χ0v) is 11.9. The van der Waals surface area contributed by atoms with Crippen molar-refractivity contribution in [2.45, 2.75) is 18.7 Å². The summed E-state index contributed by atoms with van der Waals surface area (Å²) in [6.45, 7) is 2.13. The number of aryl methyl sites for hydroxylation is 1. The molecule has 0 saturated heterocycles. The Bertz CT molecular complexity index is 786. The topological polar surface area (TPSA) is 48.6 Å². The molecule has 0 fully saturated rings. The van der Waals surface area contributed by atoms with Gasteiger partial charge in [-0.2, -0.15) is 0 Å². The van der Waals surface area contributed by atoms with Gasteiger partial charge in [-0.25, -0.2) is 4.79 Å². The number of hydrogen-bond acceptors (Lipinski definition) is 1. The van der Waals surface area contributed by atoms with E-state index in [1.807, 2.05) is 18.2 Å². The smallest absolute Gasteiger partial charge is 0.306 e. The predicted molar refractivity (Wildman–Crippen MR) is 82.4 cm³/mol. The first-order valence-corrected chi connectivity index (χ1v) is 7.06. The molecule has 0 aliphatic carbocycles. The lowest BCUT2D eigenvalue weighted by Gasteiger charge is -2.11. The van der Waals surface area contributed by atoms with Gasteiger partial charge in [0.2, 0.25) is 0 Å². The number of hydrogen-bond donors (Lipinski definition) is 2. The Kier molecular flexibility index (Phi) is 3.36. The van der Waals surface area contributed by atoms with Gasteiger partial charge in [-0.3, -0.25) is 0 Å². The van der Waals surface area contributed by atoms with Crippen molar-refractivity contribution >= 4 is 22.6 Å². The summed E-state index contributed by atoms with van der Waals surface area (Å²) in [4.78, 5) is 16.7. The van der Waals surface area contributed by atoms with Crippen LogP contribution in [0, 0.1) is 0 Å². The van der Waals surface area contributed by atoms with Crippen molar-refractivity contribution in [1.29, 1.82) is 0 Å². The fourth-order valence-electron chi connectivity index (χ4n) is 2.32. The number of benzene rings is 2. The summed E-state index contributed by atoms with van der Waals surface area (Å²) in [5, 5.41) is -0.219. The van der Waals surface area contributed by atoms with E-state index in [4.69, 9.17) is 11.6 Å². The third-order valence-electron chi connectivity index (χ3n) is 3.51. The summed E-state index contributed by atoms with van der Waals surface area (Å²) in [5.74, 6) is 0. The monoisotopic (exact) mass is 286 g/mol. The maximum Gasteiger partial charge on any atom is 0.323 e. The molecular formula is C16H15ClN2O. The van der Waals surface area contributed by atoms with Gasteiger partial charge in [0.1, 0.15) is 0 Å². The van der Waals surface area contributed by atoms with Crippen molar-refractivity contribution in [2.24, 2.45) is 0 Å². The Labute approximate surface area is 121 Å². The molecule has 2 aromatic carbocycles. The number of aromatic amines is 2. The molecule has 0 aliphatic heterocycles. The van der Waals surface area contributed by atoms with Crippen LogP contribution >= 0.6 is 11.6 Å². The molecule has 0 spiro atoms. The van der Waals surface area contributed by atoms with Crippen LogP contribution in [0.25, 0.3) is 11.0 Å². The third-order valence-corrected chi connectivity index (χ3v) is 4.02. The minimum absolute atomic E-state index is 0.199. The van der Waals surface area contributed by atoms with Gasteiger partial charge in [0.15, 0.2) is 0 Å². The quantitative estimate of drug-likeness (QED) is 0.708. The molecule has 3 nitrogen and oxygen atoms in total. The first-order valence-electron chi connectivity index (χ1n) is 6.62. The molecule has 102 valence electrons. The number of fused-ring (bicyclic) bond motifs is 1. The fraction of sp³-hybridized carbons (Fsp3) is 0.188.